The van der Waals surface area contributed by atoms with E-state index in [2.05, 4.69) is 15.7 Å². The topological polar surface area (TPSA) is 80.0 Å². The molecule has 1 aromatic heterocycles. The Bertz CT molecular complexity index is 442. The Balaban J connectivity index is 2.91. The van der Waals surface area contributed by atoms with Gasteiger partial charge in [-0.1, -0.05) is 32.4 Å². The van der Waals surface area contributed by atoms with Crippen LogP contribution in [-0.4, -0.2) is 16.9 Å². The Morgan fingerprint density at radius 3 is 2.56 bits per heavy atom. The van der Waals surface area contributed by atoms with E-state index in [9.17, 15) is 4.79 Å². The Kier molecular flexibility index (Phi) is 4.53. The summed E-state index contributed by atoms with van der Waals surface area (Å²) < 4.78 is 0. The average molecular weight is 271 g/mol. The maximum Gasteiger partial charge on any atom is 0.271 e. The SMILES string of the molecule is CC(NC(=O)c1nc(NN)ccc1Cl)C(C)(C)C. The predicted octanol–water partition coefficient (Wildman–Crippen LogP) is 2.19. The lowest BCUT2D eigenvalue weighted by Gasteiger charge is -2.28. The van der Waals surface area contributed by atoms with Crippen molar-refractivity contribution in [3.05, 3.63) is 22.8 Å². The second kappa shape index (κ2) is 5.54. The first kappa shape index (κ1) is 14.7. The van der Waals surface area contributed by atoms with Gasteiger partial charge in [-0.2, -0.15) is 0 Å². The normalized spacial score (nSPS) is 13.0. The summed E-state index contributed by atoms with van der Waals surface area (Å²) in [6.07, 6.45) is 0. The quantitative estimate of drug-likeness (QED) is 0.581. The fourth-order valence-corrected chi connectivity index (χ4v) is 1.35. The molecule has 0 bridgehead atoms. The Hall–Kier alpha value is -1.33. The second-order valence-electron chi connectivity index (χ2n) is 5.23. The number of halogens is 1. The molecule has 0 aliphatic rings. The zero-order chi connectivity index (χ0) is 13.9. The number of aromatic nitrogens is 1. The number of hydrazine groups is 1. The van der Waals surface area contributed by atoms with Crippen LogP contribution in [0.4, 0.5) is 5.82 Å². The van der Waals surface area contributed by atoms with Gasteiger partial charge in [-0.3, -0.25) is 4.79 Å². The van der Waals surface area contributed by atoms with Gasteiger partial charge in [-0.05, 0) is 24.5 Å². The highest BCUT2D eigenvalue weighted by Gasteiger charge is 2.23. The number of carbonyl (C=O) groups excluding carboxylic acids is 1. The Morgan fingerprint density at radius 1 is 1.44 bits per heavy atom. The van der Waals surface area contributed by atoms with Crippen LogP contribution in [-0.2, 0) is 0 Å². The molecule has 0 saturated carbocycles. The fraction of sp³-hybridized carbons (Fsp3) is 0.500. The molecule has 1 rings (SSSR count). The largest absolute Gasteiger partial charge is 0.348 e. The van der Waals surface area contributed by atoms with Gasteiger partial charge in [0.05, 0.1) is 5.02 Å². The molecule has 1 heterocycles. The first-order chi connectivity index (χ1) is 8.25. The third-order valence-corrected chi connectivity index (χ3v) is 3.16. The lowest BCUT2D eigenvalue weighted by Crippen LogP contribution is -2.41. The van der Waals surface area contributed by atoms with E-state index in [4.69, 9.17) is 17.4 Å². The minimum Gasteiger partial charge on any atom is -0.348 e. The van der Waals surface area contributed by atoms with Crippen molar-refractivity contribution >= 4 is 23.3 Å². The Labute approximate surface area is 112 Å². The number of nitrogens with two attached hydrogens (primary N) is 1. The maximum atomic E-state index is 12.1. The molecule has 0 aliphatic carbocycles. The fourth-order valence-electron chi connectivity index (χ4n) is 1.16. The van der Waals surface area contributed by atoms with E-state index in [0.29, 0.717) is 10.8 Å². The number of amides is 1. The van der Waals surface area contributed by atoms with Crippen molar-refractivity contribution in [2.75, 3.05) is 5.43 Å². The summed E-state index contributed by atoms with van der Waals surface area (Å²) >= 11 is 5.95. The summed E-state index contributed by atoms with van der Waals surface area (Å²) in [6, 6.07) is 3.18. The molecule has 6 heteroatoms. The number of rotatable bonds is 3. The highest BCUT2D eigenvalue weighted by atomic mass is 35.5. The molecular formula is C12H19ClN4O. The molecule has 0 saturated heterocycles. The van der Waals surface area contributed by atoms with Crippen molar-refractivity contribution in [2.24, 2.45) is 11.3 Å². The first-order valence-electron chi connectivity index (χ1n) is 5.69. The number of nitrogens with zero attached hydrogens (tertiary/aromatic N) is 1. The number of nitrogens with one attached hydrogen (secondary N) is 2. The molecule has 4 N–H and O–H groups in total. The Morgan fingerprint density at radius 2 is 2.06 bits per heavy atom. The average Bonchev–Trinajstić information content (AvgIpc) is 2.28. The van der Waals surface area contributed by atoms with E-state index >= 15 is 0 Å². The zero-order valence-corrected chi connectivity index (χ0v) is 11.8. The van der Waals surface area contributed by atoms with Crippen molar-refractivity contribution in [2.45, 2.75) is 33.7 Å². The highest BCUT2D eigenvalue weighted by molar-refractivity contribution is 6.33. The van der Waals surface area contributed by atoms with E-state index in [1.54, 1.807) is 12.1 Å². The van der Waals surface area contributed by atoms with Gasteiger partial charge in [0, 0.05) is 6.04 Å². The molecule has 1 aromatic rings. The first-order valence-corrected chi connectivity index (χ1v) is 6.07. The molecule has 0 radical (unpaired) electrons. The minimum absolute atomic E-state index is 0.00245. The minimum atomic E-state index is -0.306. The van der Waals surface area contributed by atoms with Crippen LogP contribution in [0.1, 0.15) is 38.2 Å². The van der Waals surface area contributed by atoms with Crippen LogP contribution in [0.25, 0.3) is 0 Å². The lowest BCUT2D eigenvalue weighted by atomic mass is 9.88. The van der Waals surface area contributed by atoms with Crippen molar-refractivity contribution in [1.29, 1.82) is 0 Å². The van der Waals surface area contributed by atoms with E-state index < -0.39 is 0 Å². The van der Waals surface area contributed by atoms with Gasteiger partial charge in [-0.15, -0.1) is 0 Å². The van der Waals surface area contributed by atoms with Gasteiger partial charge in [0.15, 0.2) is 0 Å². The molecule has 0 aromatic carbocycles. The van der Waals surface area contributed by atoms with Crippen LogP contribution in [0.2, 0.25) is 5.02 Å². The highest BCUT2D eigenvalue weighted by Crippen LogP contribution is 2.20. The van der Waals surface area contributed by atoms with Crippen LogP contribution in [0.3, 0.4) is 0 Å². The summed E-state index contributed by atoms with van der Waals surface area (Å²) in [4.78, 5) is 16.1. The molecule has 18 heavy (non-hydrogen) atoms. The number of pyridine rings is 1. The number of anilines is 1. The van der Waals surface area contributed by atoms with E-state index in [0.717, 1.165) is 0 Å². The molecule has 1 unspecified atom stereocenters. The van der Waals surface area contributed by atoms with Crippen molar-refractivity contribution in [3.8, 4) is 0 Å². The zero-order valence-electron chi connectivity index (χ0n) is 11.0. The van der Waals surface area contributed by atoms with Gasteiger partial charge in [-0.25, -0.2) is 10.8 Å². The number of hydrogen-bond acceptors (Lipinski definition) is 4. The van der Waals surface area contributed by atoms with Crippen LogP contribution in [0, 0.1) is 5.41 Å². The summed E-state index contributed by atoms with van der Waals surface area (Å²) in [5.41, 5.74) is 2.52. The third-order valence-electron chi connectivity index (χ3n) is 2.86. The van der Waals surface area contributed by atoms with Crippen LogP contribution in [0.15, 0.2) is 12.1 Å². The van der Waals surface area contributed by atoms with Gasteiger partial charge >= 0.3 is 0 Å². The predicted molar refractivity (Wildman–Crippen MR) is 73.4 cm³/mol. The lowest BCUT2D eigenvalue weighted by molar-refractivity contribution is 0.0905. The van der Waals surface area contributed by atoms with Crippen LogP contribution >= 0.6 is 11.6 Å². The molecule has 0 spiro atoms. The molecule has 0 fully saturated rings. The summed E-state index contributed by atoms with van der Waals surface area (Å²) in [6.45, 7) is 8.08. The summed E-state index contributed by atoms with van der Waals surface area (Å²) in [7, 11) is 0. The van der Waals surface area contributed by atoms with E-state index in [1.807, 2.05) is 27.7 Å². The summed E-state index contributed by atoms with van der Waals surface area (Å²) in [5.74, 6) is 5.34. The van der Waals surface area contributed by atoms with Gasteiger partial charge in [0.2, 0.25) is 0 Å². The van der Waals surface area contributed by atoms with E-state index in [1.165, 1.54) is 0 Å². The van der Waals surface area contributed by atoms with Crippen LogP contribution in [0.5, 0.6) is 0 Å². The smallest absolute Gasteiger partial charge is 0.271 e. The third kappa shape index (κ3) is 3.58. The summed E-state index contributed by atoms with van der Waals surface area (Å²) in [5, 5.41) is 3.17. The van der Waals surface area contributed by atoms with Gasteiger partial charge in [0.25, 0.3) is 5.91 Å². The molecule has 100 valence electrons. The standard InChI is InChI=1S/C12H19ClN4O/c1-7(12(2,3)4)15-11(18)10-8(13)5-6-9(16-10)17-14/h5-7H,14H2,1-4H3,(H,15,18)(H,16,17). The number of hydrogen-bond donors (Lipinski definition) is 3. The second-order valence-corrected chi connectivity index (χ2v) is 5.64. The monoisotopic (exact) mass is 270 g/mol. The molecule has 0 aliphatic heterocycles. The van der Waals surface area contributed by atoms with Crippen molar-refractivity contribution in [1.82, 2.24) is 10.3 Å². The molecule has 1 amide bonds. The number of carbonyl (C=O) groups is 1. The van der Waals surface area contributed by atoms with Gasteiger partial charge in [0.1, 0.15) is 11.5 Å². The molecule has 1 atom stereocenters. The molecule has 5 nitrogen and oxygen atoms in total. The number of nitrogen functional groups attached to an aromatic ring is 1. The van der Waals surface area contributed by atoms with Crippen LogP contribution < -0.4 is 16.6 Å². The van der Waals surface area contributed by atoms with Gasteiger partial charge < -0.3 is 10.7 Å². The maximum absolute atomic E-state index is 12.1. The van der Waals surface area contributed by atoms with E-state index in [-0.39, 0.29) is 23.1 Å². The van der Waals surface area contributed by atoms with Crippen molar-refractivity contribution in [3.63, 3.8) is 0 Å². The molecular weight excluding hydrogens is 252 g/mol. The van der Waals surface area contributed by atoms with Crippen molar-refractivity contribution < 1.29 is 4.79 Å².